The van der Waals surface area contributed by atoms with Crippen LogP contribution in [-0.4, -0.2) is 11.5 Å². The summed E-state index contributed by atoms with van der Waals surface area (Å²) in [5, 5.41) is 5.34. The molecule has 0 radical (unpaired) electrons. The van der Waals surface area contributed by atoms with Gasteiger partial charge < -0.3 is 16.0 Å². The van der Waals surface area contributed by atoms with E-state index in [-0.39, 0.29) is 0 Å². The van der Waals surface area contributed by atoms with Gasteiger partial charge in [-0.25, -0.2) is 0 Å². The number of aryl methyl sites for hydroxylation is 2. The fraction of sp³-hybridized carbons (Fsp3) is 0.222. The molecule has 0 aliphatic rings. The number of halogens is 1. The Kier molecular flexibility index (Phi) is 3.99. The molecule has 0 spiro atoms. The first-order valence-electron chi connectivity index (χ1n) is 7.41. The van der Waals surface area contributed by atoms with Crippen LogP contribution in [0.1, 0.15) is 16.7 Å². The molecule has 4 N–H and O–H groups in total. The van der Waals surface area contributed by atoms with Crippen molar-refractivity contribution in [1.29, 1.82) is 0 Å². The zero-order valence-corrected chi connectivity index (χ0v) is 13.6. The first kappa shape index (κ1) is 14.8. The van der Waals surface area contributed by atoms with Gasteiger partial charge in [-0.1, -0.05) is 29.8 Å². The van der Waals surface area contributed by atoms with Crippen molar-refractivity contribution >= 4 is 33.9 Å². The number of aromatic amines is 1. The van der Waals surface area contributed by atoms with E-state index in [1.807, 2.05) is 19.1 Å². The summed E-state index contributed by atoms with van der Waals surface area (Å²) in [7, 11) is 0. The van der Waals surface area contributed by atoms with Crippen molar-refractivity contribution in [3.05, 3.63) is 58.2 Å². The molecule has 1 heterocycles. The Hall–Kier alpha value is -2.13. The number of anilines is 2. The number of rotatable bonds is 4. The molecule has 3 nitrogen and oxygen atoms in total. The molecule has 114 valence electrons. The van der Waals surface area contributed by atoms with Gasteiger partial charge in [0.05, 0.1) is 10.7 Å². The molecule has 0 bridgehead atoms. The highest BCUT2D eigenvalue weighted by molar-refractivity contribution is 6.33. The van der Waals surface area contributed by atoms with E-state index in [2.05, 4.69) is 41.6 Å². The minimum atomic E-state index is 0.593. The van der Waals surface area contributed by atoms with Gasteiger partial charge >= 0.3 is 0 Å². The number of aromatic nitrogens is 1. The van der Waals surface area contributed by atoms with Gasteiger partial charge in [0.1, 0.15) is 0 Å². The third-order valence-corrected chi connectivity index (χ3v) is 4.39. The number of H-pyrrole nitrogens is 1. The van der Waals surface area contributed by atoms with Crippen molar-refractivity contribution in [1.82, 2.24) is 4.98 Å². The number of nitrogens with two attached hydrogens (primary N) is 1. The van der Waals surface area contributed by atoms with E-state index in [1.54, 1.807) is 0 Å². The largest absolute Gasteiger partial charge is 0.398 e. The molecule has 0 aliphatic heterocycles. The number of hydrogen-bond acceptors (Lipinski definition) is 2. The van der Waals surface area contributed by atoms with Gasteiger partial charge in [-0.3, -0.25) is 0 Å². The number of hydrogen-bond donors (Lipinski definition) is 3. The van der Waals surface area contributed by atoms with Gasteiger partial charge in [0, 0.05) is 29.3 Å². The number of fused-ring (bicyclic) bond motifs is 1. The molecule has 4 heteroatoms. The van der Waals surface area contributed by atoms with Gasteiger partial charge in [0.2, 0.25) is 0 Å². The second-order valence-electron chi connectivity index (χ2n) is 5.68. The van der Waals surface area contributed by atoms with Crippen molar-refractivity contribution in [3.63, 3.8) is 0 Å². The van der Waals surface area contributed by atoms with Crippen LogP contribution in [0.15, 0.2) is 36.5 Å². The minimum absolute atomic E-state index is 0.593. The Morgan fingerprint density at radius 2 is 2.00 bits per heavy atom. The van der Waals surface area contributed by atoms with Crippen LogP contribution in [0.4, 0.5) is 11.4 Å². The van der Waals surface area contributed by atoms with E-state index in [0.717, 1.165) is 24.2 Å². The molecule has 0 saturated heterocycles. The normalized spacial score (nSPS) is 11.0. The molecular formula is C18H20ClN3. The van der Waals surface area contributed by atoms with Crippen LogP contribution in [0, 0.1) is 13.8 Å². The van der Waals surface area contributed by atoms with E-state index >= 15 is 0 Å². The van der Waals surface area contributed by atoms with Gasteiger partial charge in [0.25, 0.3) is 0 Å². The van der Waals surface area contributed by atoms with Crippen LogP contribution in [-0.2, 0) is 6.42 Å². The summed E-state index contributed by atoms with van der Waals surface area (Å²) in [6.07, 6.45) is 3.05. The van der Waals surface area contributed by atoms with Crippen molar-refractivity contribution < 1.29 is 0 Å². The van der Waals surface area contributed by atoms with Crippen molar-refractivity contribution in [3.8, 4) is 0 Å². The lowest BCUT2D eigenvalue weighted by molar-refractivity contribution is 1.03. The third-order valence-electron chi connectivity index (χ3n) is 4.06. The summed E-state index contributed by atoms with van der Waals surface area (Å²) >= 11 is 6.09. The fourth-order valence-corrected chi connectivity index (χ4v) is 2.96. The lowest BCUT2D eigenvalue weighted by Crippen LogP contribution is -2.06. The molecule has 3 aromatic rings. The Morgan fingerprint density at radius 3 is 2.82 bits per heavy atom. The minimum Gasteiger partial charge on any atom is -0.398 e. The van der Waals surface area contributed by atoms with Crippen LogP contribution in [0.5, 0.6) is 0 Å². The van der Waals surface area contributed by atoms with Crippen LogP contribution in [0.2, 0.25) is 5.02 Å². The zero-order chi connectivity index (χ0) is 15.7. The number of nitrogen functional groups attached to an aromatic ring is 1. The first-order valence-corrected chi connectivity index (χ1v) is 7.79. The van der Waals surface area contributed by atoms with E-state index < -0.39 is 0 Å². The maximum atomic E-state index is 6.09. The topological polar surface area (TPSA) is 53.8 Å². The molecule has 0 atom stereocenters. The molecule has 0 aliphatic carbocycles. The van der Waals surface area contributed by atoms with E-state index in [1.165, 1.54) is 22.0 Å². The number of nitrogens with one attached hydrogen (secondary N) is 2. The molecule has 0 unspecified atom stereocenters. The number of benzene rings is 2. The van der Waals surface area contributed by atoms with Crippen molar-refractivity contribution in [2.75, 3.05) is 17.6 Å². The molecular weight excluding hydrogens is 294 g/mol. The predicted molar refractivity (Wildman–Crippen MR) is 95.8 cm³/mol. The molecule has 0 fully saturated rings. The Balaban J connectivity index is 1.73. The second-order valence-corrected chi connectivity index (χ2v) is 6.08. The molecule has 2 aromatic carbocycles. The summed E-state index contributed by atoms with van der Waals surface area (Å²) < 4.78 is 0. The Labute approximate surface area is 135 Å². The van der Waals surface area contributed by atoms with Gasteiger partial charge in [0.15, 0.2) is 0 Å². The highest BCUT2D eigenvalue weighted by Gasteiger charge is 2.06. The van der Waals surface area contributed by atoms with E-state index in [0.29, 0.717) is 10.7 Å². The summed E-state index contributed by atoms with van der Waals surface area (Å²) in [5.41, 5.74) is 12.4. The summed E-state index contributed by atoms with van der Waals surface area (Å²) in [5.74, 6) is 0. The zero-order valence-electron chi connectivity index (χ0n) is 12.8. The summed E-state index contributed by atoms with van der Waals surface area (Å²) in [4.78, 5) is 3.37. The number of para-hydroxylation sites is 1. The van der Waals surface area contributed by atoms with Gasteiger partial charge in [-0.15, -0.1) is 0 Å². The molecule has 1 aromatic heterocycles. The van der Waals surface area contributed by atoms with Crippen LogP contribution in [0.3, 0.4) is 0 Å². The Bertz CT molecular complexity index is 821. The predicted octanol–water partition coefficient (Wildman–Crippen LogP) is 4.67. The van der Waals surface area contributed by atoms with Crippen LogP contribution in [0.25, 0.3) is 10.9 Å². The Morgan fingerprint density at radius 1 is 1.18 bits per heavy atom. The fourth-order valence-electron chi connectivity index (χ4n) is 2.80. The smallest absolute Gasteiger partial charge is 0.0656 e. The van der Waals surface area contributed by atoms with Crippen molar-refractivity contribution in [2.45, 2.75) is 20.3 Å². The maximum Gasteiger partial charge on any atom is 0.0656 e. The maximum absolute atomic E-state index is 6.09. The quantitative estimate of drug-likeness (QED) is 0.613. The van der Waals surface area contributed by atoms with E-state index in [9.17, 15) is 0 Å². The summed E-state index contributed by atoms with van der Waals surface area (Å²) in [6.45, 7) is 5.01. The van der Waals surface area contributed by atoms with Gasteiger partial charge in [-0.2, -0.15) is 0 Å². The second kappa shape index (κ2) is 5.93. The monoisotopic (exact) mass is 313 g/mol. The highest BCUT2D eigenvalue weighted by atomic mass is 35.5. The SMILES string of the molecule is Cc1cc(N)c(Cl)cc1NCCc1c[nH]c2c(C)cccc12. The third kappa shape index (κ3) is 2.77. The standard InChI is InChI=1S/C18H20ClN3/c1-11-4-3-5-14-13(10-22-18(11)14)6-7-21-17-9-15(19)16(20)8-12(17)2/h3-5,8-10,21-22H,6-7,20H2,1-2H3. The molecule has 22 heavy (non-hydrogen) atoms. The molecule has 3 rings (SSSR count). The first-order chi connectivity index (χ1) is 10.6. The van der Waals surface area contributed by atoms with Crippen molar-refractivity contribution in [2.24, 2.45) is 0 Å². The highest BCUT2D eigenvalue weighted by Crippen LogP contribution is 2.27. The van der Waals surface area contributed by atoms with E-state index in [4.69, 9.17) is 17.3 Å². The lowest BCUT2D eigenvalue weighted by Gasteiger charge is -2.11. The molecule has 0 saturated carbocycles. The summed E-state index contributed by atoms with van der Waals surface area (Å²) in [6, 6.07) is 10.2. The molecule has 0 amide bonds. The average Bonchev–Trinajstić information content (AvgIpc) is 2.89. The van der Waals surface area contributed by atoms with Crippen LogP contribution < -0.4 is 11.1 Å². The lowest BCUT2D eigenvalue weighted by atomic mass is 10.1. The van der Waals surface area contributed by atoms with Crippen LogP contribution >= 0.6 is 11.6 Å². The van der Waals surface area contributed by atoms with Gasteiger partial charge in [-0.05, 0) is 49.1 Å². The average molecular weight is 314 g/mol.